The van der Waals surface area contributed by atoms with Crippen LogP contribution in [0.2, 0.25) is 10.0 Å². The second-order valence-electron chi connectivity index (χ2n) is 6.42. The number of amides is 1. The fourth-order valence-electron chi connectivity index (χ4n) is 3.05. The molecule has 1 amide bonds. The number of rotatable bonds is 6. The van der Waals surface area contributed by atoms with Gasteiger partial charge in [0.25, 0.3) is 5.91 Å². The number of carbonyl (C=O) groups excluding carboxylic acids is 1. The molecule has 0 aliphatic carbocycles. The Balaban J connectivity index is 2.09. The first-order valence-electron chi connectivity index (χ1n) is 9.02. The maximum atomic E-state index is 12.7. The Hall–Kier alpha value is -2.50. The number of nitrogens with one attached hydrogen (secondary N) is 2. The third-order valence-electron chi connectivity index (χ3n) is 4.58. The molecule has 7 heteroatoms. The molecule has 0 bridgehead atoms. The molecule has 1 aromatic heterocycles. The first kappa shape index (κ1) is 20.2. The summed E-state index contributed by atoms with van der Waals surface area (Å²) in [5, 5.41) is 6.91. The van der Waals surface area contributed by atoms with E-state index in [1.54, 1.807) is 25.2 Å². The lowest BCUT2D eigenvalue weighted by Gasteiger charge is -2.13. The van der Waals surface area contributed by atoms with Crippen LogP contribution in [-0.2, 0) is 13.0 Å². The van der Waals surface area contributed by atoms with Crippen LogP contribution >= 0.6 is 23.2 Å². The molecule has 0 aliphatic heterocycles. The van der Waals surface area contributed by atoms with Crippen molar-refractivity contribution in [2.45, 2.75) is 26.8 Å². The summed E-state index contributed by atoms with van der Waals surface area (Å²) in [6, 6.07) is 13.3. The summed E-state index contributed by atoms with van der Waals surface area (Å²) >= 11 is 12.3. The molecule has 0 fully saturated rings. The SMILES string of the molecule is CCc1nc(Nc2ccc(Cl)cc2Cl)c(C(=O)NC)n1Cc1ccccc1C. The van der Waals surface area contributed by atoms with E-state index in [1.165, 1.54) is 0 Å². The van der Waals surface area contributed by atoms with E-state index in [-0.39, 0.29) is 5.91 Å². The Morgan fingerprint density at radius 1 is 1.18 bits per heavy atom. The summed E-state index contributed by atoms with van der Waals surface area (Å²) in [6.07, 6.45) is 0.686. The van der Waals surface area contributed by atoms with Crippen molar-refractivity contribution in [1.82, 2.24) is 14.9 Å². The molecule has 2 aromatic carbocycles. The van der Waals surface area contributed by atoms with Gasteiger partial charge < -0.3 is 15.2 Å². The second kappa shape index (κ2) is 8.67. The smallest absolute Gasteiger partial charge is 0.271 e. The first-order chi connectivity index (χ1) is 13.4. The van der Waals surface area contributed by atoms with E-state index in [4.69, 9.17) is 23.2 Å². The predicted molar refractivity (Wildman–Crippen MR) is 115 cm³/mol. The molecule has 3 rings (SSSR count). The standard InChI is InChI=1S/C21H22Cl2N4O/c1-4-18-26-20(25-17-10-9-15(22)11-16(17)23)19(21(28)24-3)27(18)12-14-8-6-5-7-13(14)2/h5-11,25H,4,12H2,1-3H3,(H,24,28). The lowest BCUT2D eigenvalue weighted by Crippen LogP contribution is -2.24. The van der Waals surface area contributed by atoms with Crippen molar-refractivity contribution >= 4 is 40.6 Å². The molecule has 1 heterocycles. The maximum Gasteiger partial charge on any atom is 0.271 e. The summed E-state index contributed by atoms with van der Waals surface area (Å²) < 4.78 is 1.95. The fourth-order valence-corrected chi connectivity index (χ4v) is 3.51. The van der Waals surface area contributed by atoms with Crippen LogP contribution < -0.4 is 10.6 Å². The Bertz CT molecular complexity index is 1010. The number of nitrogens with zero attached hydrogens (tertiary/aromatic N) is 2. The number of imidazole rings is 1. The van der Waals surface area contributed by atoms with Gasteiger partial charge in [-0.05, 0) is 36.2 Å². The summed E-state index contributed by atoms with van der Waals surface area (Å²) in [6.45, 7) is 4.63. The minimum atomic E-state index is -0.214. The molecule has 0 unspecified atom stereocenters. The Kier molecular flexibility index (Phi) is 6.27. The van der Waals surface area contributed by atoms with Gasteiger partial charge >= 0.3 is 0 Å². The van der Waals surface area contributed by atoms with Crippen LogP contribution in [0.1, 0.15) is 34.4 Å². The highest BCUT2D eigenvalue weighted by atomic mass is 35.5. The van der Waals surface area contributed by atoms with E-state index in [0.29, 0.717) is 40.2 Å². The van der Waals surface area contributed by atoms with E-state index >= 15 is 0 Å². The number of hydrogen-bond acceptors (Lipinski definition) is 3. The lowest BCUT2D eigenvalue weighted by atomic mass is 10.1. The van der Waals surface area contributed by atoms with Crippen LogP contribution in [0.15, 0.2) is 42.5 Å². The van der Waals surface area contributed by atoms with Gasteiger partial charge in [-0.25, -0.2) is 4.98 Å². The largest absolute Gasteiger partial charge is 0.354 e. The number of hydrogen-bond donors (Lipinski definition) is 2. The second-order valence-corrected chi connectivity index (χ2v) is 7.26. The van der Waals surface area contributed by atoms with Crippen LogP contribution in [-0.4, -0.2) is 22.5 Å². The van der Waals surface area contributed by atoms with Crippen molar-refractivity contribution in [1.29, 1.82) is 0 Å². The number of halogens is 2. The van der Waals surface area contributed by atoms with Gasteiger partial charge in [0.05, 0.1) is 10.7 Å². The Morgan fingerprint density at radius 3 is 2.57 bits per heavy atom. The minimum absolute atomic E-state index is 0.214. The van der Waals surface area contributed by atoms with Gasteiger partial charge in [0.2, 0.25) is 0 Å². The third kappa shape index (κ3) is 4.16. The monoisotopic (exact) mass is 416 g/mol. The Labute approximate surface area is 174 Å². The molecule has 0 saturated heterocycles. The molecule has 0 spiro atoms. The maximum absolute atomic E-state index is 12.7. The van der Waals surface area contributed by atoms with Crippen molar-refractivity contribution in [2.24, 2.45) is 0 Å². The van der Waals surface area contributed by atoms with E-state index in [2.05, 4.69) is 34.7 Å². The van der Waals surface area contributed by atoms with Crippen LogP contribution in [0, 0.1) is 6.92 Å². The average molecular weight is 417 g/mol. The molecule has 0 radical (unpaired) electrons. The zero-order chi connectivity index (χ0) is 20.3. The fraction of sp³-hybridized carbons (Fsp3) is 0.238. The van der Waals surface area contributed by atoms with E-state index < -0.39 is 0 Å². The molecule has 28 heavy (non-hydrogen) atoms. The molecule has 2 N–H and O–H groups in total. The summed E-state index contributed by atoms with van der Waals surface area (Å²) in [5.41, 5.74) is 3.40. The highest BCUT2D eigenvalue weighted by Gasteiger charge is 2.23. The van der Waals surface area contributed by atoms with Crippen LogP contribution in [0.4, 0.5) is 11.5 Å². The van der Waals surface area contributed by atoms with Crippen molar-refractivity contribution in [2.75, 3.05) is 12.4 Å². The van der Waals surface area contributed by atoms with Crippen molar-refractivity contribution in [3.63, 3.8) is 0 Å². The summed E-state index contributed by atoms with van der Waals surface area (Å²) in [4.78, 5) is 17.4. The normalized spacial score (nSPS) is 10.8. The predicted octanol–water partition coefficient (Wildman–Crippen LogP) is 5.21. The highest BCUT2D eigenvalue weighted by Crippen LogP contribution is 2.30. The lowest BCUT2D eigenvalue weighted by molar-refractivity contribution is 0.0955. The van der Waals surface area contributed by atoms with Crippen molar-refractivity contribution < 1.29 is 4.79 Å². The zero-order valence-corrected chi connectivity index (χ0v) is 17.5. The quantitative estimate of drug-likeness (QED) is 0.579. The average Bonchev–Trinajstić information content (AvgIpc) is 3.02. The molecule has 0 saturated carbocycles. The Morgan fingerprint density at radius 2 is 1.93 bits per heavy atom. The molecule has 3 aromatic rings. The molecular weight excluding hydrogens is 395 g/mol. The van der Waals surface area contributed by atoms with Crippen LogP contribution in [0.25, 0.3) is 0 Å². The van der Waals surface area contributed by atoms with Gasteiger partial charge in [-0.1, -0.05) is 54.4 Å². The van der Waals surface area contributed by atoms with Crippen LogP contribution in [0.5, 0.6) is 0 Å². The molecule has 5 nitrogen and oxygen atoms in total. The first-order valence-corrected chi connectivity index (χ1v) is 9.78. The summed E-state index contributed by atoms with van der Waals surface area (Å²) in [5.74, 6) is 1.07. The van der Waals surface area contributed by atoms with Gasteiger partial charge in [-0.2, -0.15) is 0 Å². The molecular formula is C21H22Cl2N4O. The number of aryl methyl sites for hydroxylation is 2. The van der Waals surface area contributed by atoms with Gasteiger partial charge in [0.1, 0.15) is 5.82 Å². The van der Waals surface area contributed by atoms with E-state index in [9.17, 15) is 4.79 Å². The van der Waals surface area contributed by atoms with Gasteiger partial charge in [-0.15, -0.1) is 0 Å². The number of anilines is 2. The number of carbonyl (C=O) groups is 1. The van der Waals surface area contributed by atoms with Crippen molar-refractivity contribution in [3.05, 3.63) is 75.2 Å². The van der Waals surface area contributed by atoms with Gasteiger partial charge in [-0.3, -0.25) is 4.79 Å². The van der Waals surface area contributed by atoms with Gasteiger partial charge in [0, 0.05) is 25.0 Å². The van der Waals surface area contributed by atoms with E-state index in [0.717, 1.165) is 17.0 Å². The highest BCUT2D eigenvalue weighted by molar-refractivity contribution is 6.36. The van der Waals surface area contributed by atoms with Gasteiger partial charge in [0.15, 0.2) is 11.5 Å². The van der Waals surface area contributed by atoms with Crippen molar-refractivity contribution in [3.8, 4) is 0 Å². The third-order valence-corrected chi connectivity index (χ3v) is 5.13. The number of aromatic nitrogens is 2. The number of benzene rings is 2. The minimum Gasteiger partial charge on any atom is -0.354 e. The molecule has 146 valence electrons. The van der Waals surface area contributed by atoms with Crippen LogP contribution in [0.3, 0.4) is 0 Å². The van der Waals surface area contributed by atoms with E-state index in [1.807, 2.05) is 23.6 Å². The summed E-state index contributed by atoms with van der Waals surface area (Å²) in [7, 11) is 1.61. The molecule has 0 aliphatic rings. The molecule has 0 atom stereocenters. The zero-order valence-electron chi connectivity index (χ0n) is 16.0. The topological polar surface area (TPSA) is 59.0 Å².